The zero-order chi connectivity index (χ0) is 12.1. The molecule has 1 aromatic carbocycles. The average molecular weight is 230 g/mol. The first kappa shape index (κ1) is 12.3. The third-order valence-corrected chi connectivity index (χ3v) is 3.75. The fraction of sp³-hybridized carbons (Fsp3) is 0.562. The summed E-state index contributed by atoms with van der Waals surface area (Å²) >= 11 is 0. The number of carbonyl (C=O) groups excluding carboxylic acids is 1. The summed E-state index contributed by atoms with van der Waals surface area (Å²) in [6, 6.07) is 8.85. The summed E-state index contributed by atoms with van der Waals surface area (Å²) in [5.41, 5.74) is 2.82. The molecule has 0 unspecified atom stereocenters. The van der Waals surface area contributed by atoms with Crippen LogP contribution in [0.15, 0.2) is 24.3 Å². The molecule has 0 saturated heterocycles. The number of Topliss-reactive ketones (excluding diaryl/α,β-unsaturated/α-hetero) is 1. The third-order valence-electron chi connectivity index (χ3n) is 3.75. The normalized spacial score (nSPS) is 15.6. The maximum atomic E-state index is 11.5. The first-order chi connectivity index (χ1) is 8.29. The summed E-state index contributed by atoms with van der Waals surface area (Å²) in [4.78, 5) is 11.5. The monoisotopic (exact) mass is 230 g/mol. The van der Waals surface area contributed by atoms with E-state index in [0.717, 1.165) is 25.2 Å². The molecule has 17 heavy (non-hydrogen) atoms. The van der Waals surface area contributed by atoms with Gasteiger partial charge in [-0.3, -0.25) is 4.79 Å². The second-order valence-corrected chi connectivity index (χ2v) is 5.16. The lowest BCUT2D eigenvalue weighted by atomic mass is 9.79. The van der Waals surface area contributed by atoms with E-state index < -0.39 is 0 Å². The summed E-state index contributed by atoms with van der Waals surface area (Å²) in [6.45, 7) is 2.06. The molecule has 0 aromatic heterocycles. The zero-order valence-corrected chi connectivity index (χ0v) is 10.7. The quantitative estimate of drug-likeness (QED) is 0.713. The van der Waals surface area contributed by atoms with E-state index in [1.807, 2.05) is 0 Å². The number of carbonyl (C=O) groups is 1. The van der Waals surface area contributed by atoms with Crippen molar-refractivity contribution in [2.75, 3.05) is 0 Å². The minimum Gasteiger partial charge on any atom is -0.300 e. The molecule has 2 rings (SSSR count). The van der Waals surface area contributed by atoms with E-state index in [4.69, 9.17) is 0 Å². The van der Waals surface area contributed by atoms with Gasteiger partial charge >= 0.3 is 0 Å². The molecule has 1 fully saturated rings. The van der Waals surface area contributed by atoms with Crippen LogP contribution in [-0.2, 0) is 11.2 Å². The van der Waals surface area contributed by atoms with Crippen molar-refractivity contribution in [3.05, 3.63) is 35.4 Å². The molecule has 1 aliphatic rings. The molecule has 1 aliphatic carbocycles. The molecule has 0 aliphatic heterocycles. The van der Waals surface area contributed by atoms with E-state index >= 15 is 0 Å². The van der Waals surface area contributed by atoms with E-state index in [2.05, 4.69) is 31.2 Å². The SMILES string of the molecule is CCCC(=O)CCc1cccc(C2CCC2)c1. The van der Waals surface area contributed by atoms with Crippen molar-refractivity contribution in [3.63, 3.8) is 0 Å². The Kier molecular flexibility index (Phi) is 4.36. The number of ketones is 1. The van der Waals surface area contributed by atoms with Crippen molar-refractivity contribution < 1.29 is 4.79 Å². The summed E-state index contributed by atoms with van der Waals surface area (Å²) < 4.78 is 0. The van der Waals surface area contributed by atoms with Crippen molar-refractivity contribution in [2.24, 2.45) is 0 Å². The number of rotatable bonds is 6. The second kappa shape index (κ2) is 6.00. The van der Waals surface area contributed by atoms with Gasteiger partial charge in [0.05, 0.1) is 0 Å². The van der Waals surface area contributed by atoms with Gasteiger partial charge in [-0.25, -0.2) is 0 Å². The van der Waals surface area contributed by atoms with Gasteiger partial charge in [-0.1, -0.05) is 37.6 Å². The molecule has 1 aromatic rings. The Morgan fingerprint density at radius 3 is 2.76 bits per heavy atom. The molecule has 0 atom stereocenters. The van der Waals surface area contributed by atoms with Gasteiger partial charge in [0.25, 0.3) is 0 Å². The number of benzene rings is 1. The first-order valence-electron chi connectivity index (χ1n) is 6.90. The van der Waals surface area contributed by atoms with Crippen molar-refractivity contribution in [1.82, 2.24) is 0 Å². The molecule has 1 saturated carbocycles. The van der Waals surface area contributed by atoms with Gasteiger partial charge < -0.3 is 0 Å². The highest BCUT2D eigenvalue weighted by Gasteiger charge is 2.19. The van der Waals surface area contributed by atoms with Gasteiger partial charge in [-0.2, -0.15) is 0 Å². The number of hydrogen-bond acceptors (Lipinski definition) is 1. The first-order valence-corrected chi connectivity index (χ1v) is 6.90. The highest BCUT2D eigenvalue weighted by molar-refractivity contribution is 5.78. The topological polar surface area (TPSA) is 17.1 Å². The molecule has 0 spiro atoms. The van der Waals surface area contributed by atoms with E-state index in [1.165, 1.54) is 30.4 Å². The van der Waals surface area contributed by atoms with Crippen molar-refractivity contribution in [1.29, 1.82) is 0 Å². The van der Waals surface area contributed by atoms with Crippen LogP contribution in [0, 0.1) is 0 Å². The van der Waals surface area contributed by atoms with Crippen LogP contribution >= 0.6 is 0 Å². The minimum absolute atomic E-state index is 0.404. The molecule has 0 bridgehead atoms. The molecule has 0 radical (unpaired) electrons. The highest BCUT2D eigenvalue weighted by atomic mass is 16.1. The van der Waals surface area contributed by atoms with Crippen molar-refractivity contribution >= 4 is 5.78 Å². The van der Waals surface area contributed by atoms with Crippen LogP contribution in [0.25, 0.3) is 0 Å². The van der Waals surface area contributed by atoms with Crippen LogP contribution in [0.5, 0.6) is 0 Å². The van der Waals surface area contributed by atoms with E-state index in [0.29, 0.717) is 12.2 Å². The summed E-state index contributed by atoms with van der Waals surface area (Å²) in [6.07, 6.45) is 7.41. The average Bonchev–Trinajstić information content (AvgIpc) is 2.25. The van der Waals surface area contributed by atoms with Crippen LogP contribution in [0.2, 0.25) is 0 Å². The Morgan fingerprint density at radius 2 is 2.12 bits per heavy atom. The molecule has 0 N–H and O–H groups in total. The van der Waals surface area contributed by atoms with Gasteiger partial charge in [0, 0.05) is 12.8 Å². The van der Waals surface area contributed by atoms with Gasteiger partial charge in [0.1, 0.15) is 5.78 Å². The van der Waals surface area contributed by atoms with Gasteiger partial charge in [-0.05, 0) is 42.7 Å². The highest BCUT2D eigenvalue weighted by Crippen LogP contribution is 2.36. The van der Waals surface area contributed by atoms with Crippen LogP contribution in [0.4, 0.5) is 0 Å². The smallest absolute Gasteiger partial charge is 0.133 e. The van der Waals surface area contributed by atoms with Crippen molar-refractivity contribution in [2.45, 2.75) is 57.8 Å². The largest absolute Gasteiger partial charge is 0.300 e. The predicted molar refractivity (Wildman–Crippen MR) is 71.3 cm³/mol. The fourth-order valence-corrected chi connectivity index (χ4v) is 2.43. The van der Waals surface area contributed by atoms with Crippen LogP contribution < -0.4 is 0 Å². The van der Waals surface area contributed by atoms with E-state index in [1.54, 1.807) is 0 Å². The molecular formula is C16H22O. The Labute approximate surface area is 104 Å². The lowest BCUT2D eigenvalue weighted by Crippen LogP contribution is -2.09. The van der Waals surface area contributed by atoms with Crippen LogP contribution in [-0.4, -0.2) is 5.78 Å². The molecule has 1 heteroatoms. The molecule has 0 heterocycles. The second-order valence-electron chi connectivity index (χ2n) is 5.16. The Morgan fingerprint density at radius 1 is 1.29 bits per heavy atom. The number of hydrogen-bond donors (Lipinski definition) is 0. The summed E-state index contributed by atoms with van der Waals surface area (Å²) in [5, 5.41) is 0. The molecule has 1 nitrogen and oxygen atoms in total. The zero-order valence-electron chi connectivity index (χ0n) is 10.7. The lowest BCUT2D eigenvalue weighted by Gasteiger charge is -2.26. The van der Waals surface area contributed by atoms with E-state index in [9.17, 15) is 4.79 Å². The maximum Gasteiger partial charge on any atom is 0.133 e. The summed E-state index contributed by atoms with van der Waals surface area (Å²) in [5.74, 6) is 1.20. The lowest BCUT2D eigenvalue weighted by molar-refractivity contribution is -0.119. The van der Waals surface area contributed by atoms with Gasteiger partial charge in [0.2, 0.25) is 0 Å². The molecule has 92 valence electrons. The maximum absolute atomic E-state index is 11.5. The molecular weight excluding hydrogens is 208 g/mol. The standard InChI is InChI=1S/C16H22O/c1-2-5-16(17)11-10-13-6-3-9-15(12-13)14-7-4-8-14/h3,6,9,12,14H,2,4-5,7-8,10-11H2,1H3. The van der Waals surface area contributed by atoms with E-state index in [-0.39, 0.29) is 0 Å². The fourth-order valence-electron chi connectivity index (χ4n) is 2.43. The third kappa shape index (κ3) is 3.42. The Balaban J connectivity index is 1.89. The Bertz CT molecular complexity index is 377. The van der Waals surface area contributed by atoms with Gasteiger partial charge in [0.15, 0.2) is 0 Å². The predicted octanol–water partition coefficient (Wildman–Crippen LogP) is 4.26. The van der Waals surface area contributed by atoms with Gasteiger partial charge in [-0.15, -0.1) is 0 Å². The molecule has 0 amide bonds. The Hall–Kier alpha value is -1.11. The summed E-state index contributed by atoms with van der Waals surface area (Å²) in [7, 11) is 0. The van der Waals surface area contributed by atoms with Crippen LogP contribution in [0.1, 0.15) is 62.5 Å². The minimum atomic E-state index is 0.404. The number of aryl methyl sites for hydroxylation is 1. The van der Waals surface area contributed by atoms with Crippen molar-refractivity contribution in [3.8, 4) is 0 Å². The van der Waals surface area contributed by atoms with Crippen LogP contribution in [0.3, 0.4) is 0 Å².